The summed E-state index contributed by atoms with van der Waals surface area (Å²) in [4.78, 5) is 0.260. The van der Waals surface area contributed by atoms with Gasteiger partial charge in [0, 0.05) is 17.8 Å². The van der Waals surface area contributed by atoms with Crippen LogP contribution in [0.1, 0.15) is 18.5 Å². The smallest absolute Gasteiger partial charge is 0.241 e. The van der Waals surface area contributed by atoms with Gasteiger partial charge in [-0.05, 0) is 19.1 Å². The SMILES string of the molecule is CC(NS(=O)(=O)c1ccccc1)c1cn[nH]c1. The number of H-pyrrole nitrogens is 1. The van der Waals surface area contributed by atoms with E-state index in [0.717, 1.165) is 5.56 Å². The van der Waals surface area contributed by atoms with Crippen LogP contribution in [0.3, 0.4) is 0 Å². The predicted octanol–water partition coefficient (Wildman–Crippen LogP) is 1.45. The molecular formula is C11H13N3O2S. The average molecular weight is 251 g/mol. The maximum atomic E-state index is 12.0. The van der Waals surface area contributed by atoms with E-state index in [4.69, 9.17) is 0 Å². The third-order valence-corrected chi connectivity index (χ3v) is 3.96. The van der Waals surface area contributed by atoms with Crippen molar-refractivity contribution in [2.75, 3.05) is 0 Å². The number of hydrogen-bond donors (Lipinski definition) is 2. The van der Waals surface area contributed by atoms with Gasteiger partial charge in [-0.15, -0.1) is 0 Å². The molecule has 1 aromatic carbocycles. The molecule has 1 atom stereocenters. The van der Waals surface area contributed by atoms with E-state index in [1.165, 1.54) is 0 Å². The van der Waals surface area contributed by atoms with Crippen molar-refractivity contribution in [1.82, 2.24) is 14.9 Å². The normalized spacial score (nSPS) is 13.5. The fraction of sp³-hybridized carbons (Fsp3) is 0.182. The fourth-order valence-electron chi connectivity index (χ4n) is 1.47. The van der Waals surface area contributed by atoms with Crippen LogP contribution >= 0.6 is 0 Å². The molecule has 0 spiro atoms. The molecule has 0 amide bonds. The van der Waals surface area contributed by atoms with Crippen molar-refractivity contribution in [1.29, 1.82) is 0 Å². The van der Waals surface area contributed by atoms with Gasteiger partial charge in [0.25, 0.3) is 0 Å². The van der Waals surface area contributed by atoms with E-state index in [1.807, 2.05) is 0 Å². The molecule has 0 radical (unpaired) electrons. The first-order valence-electron chi connectivity index (χ1n) is 5.15. The van der Waals surface area contributed by atoms with Crippen molar-refractivity contribution < 1.29 is 8.42 Å². The van der Waals surface area contributed by atoms with E-state index in [1.54, 1.807) is 49.6 Å². The quantitative estimate of drug-likeness (QED) is 0.863. The minimum absolute atomic E-state index is 0.260. The van der Waals surface area contributed by atoms with Gasteiger partial charge in [0.2, 0.25) is 10.0 Å². The molecule has 2 N–H and O–H groups in total. The largest absolute Gasteiger partial charge is 0.285 e. The van der Waals surface area contributed by atoms with Crippen LogP contribution in [0.4, 0.5) is 0 Å². The van der Waals surface area contributed by atoms with Gasteiger partial charge < -0.3 is 0 Å². The standard InChI is InChI=1S/C11H13N3O2S/c1-9(10-7-12-13-8-10)14-17(15,16)11-5-3-2-4-6-11/h2-9,14H,1H3,(H,12,13). The predicted molar refractivity (Wildman–Crippen MR) is 63.8 cm³/mol. The van der Waals surface area contributed by atoms with Crippen molar-refractivity contribution >= 4 is 10.0 Å². The molecule has 0 aliphatic carbocycles. The molecule has 5 nitrogen and oxygen atoms in total. The summed E-state index contributed by atoms with van der Waals surface area (Å²) >= 11 is 0. The van der Waals surface area contributed by atoms with Crippen LogP contribution in [-0.2, 0) is 10.0 Å². The Kier molecular flexibility index (Phi) is 3.26. The Balaban J connectivity index is 2.19. The number of hydrogen-bond acceptors (Lipinski definition) is 3. The van der Waals surface area contributed by atoms with E-state index in [2.05, 4.69) is 14.9 Å². The van der Waals surface area contributed by atoms with Crippen molar-refractivity contribution in [3.63, 3.8) is 0 Å². The molecule has 0 aliphatic rings. The molecule has 2 rings (SSSR count). The Labute approximate surface area is 99.9 Å². The molecule has 6 heteroatoms. The topological polar surface area (TPSA) is 74.8 Å². The minimum atomic E-state index is -3.48. The molecule has 0 saturated heterocycles. The first-order chi connectivity index (χ1) is 8.09. The van der Waals surface area contributed by atoms with E-state index in [-0.39, 0.29) is 10.9 Å². The number of aromatic amines is 1. The third-order valence-electron chi connectivity index (χ3n) is 2.40. The van der Waals surface area contributed by atoms with Crippen LogP contribution in [0.25, 0.3) is 0 Å². The molecule has 1 unspecified atom stereocenters. The van der Waals surface area contributed by atoms with Crippen LogP contribution in [0, 0.1) is 0 Å². The van der Waals surface area contributed by atoms with Gasteiger partial charge in [-0.3, -0.25) is 5.10 Å². The number of nitrogens with one attached hydrogen (secondary N) is 2. The molecule has 1 heterocycles. The molecule has 2 aromatic rings. The van der Waals surface area contributed by atoms with Crippen molar-refractivity contribution in [3.8, 4) is 0 Å². The number of nitrogens with zero attached hydrogens (tertiary/aromatic N) is 1. The molecule has 0 bridgehead atoms. The second kappa shape index (κ2) is 4.68. The third kappa shape index (κ3) is 2.72. The van der Waals surface area contributed by atoms with E-state index in [0.29, 0.717) is 0 Å². The van der Waals surface area contributed by atoms with Crippen LogP contribution < -0.4 is 4.72 Å². The van der Waals surface area contributed by atoms with E-state index < -0.39 is 10.0 Å². The van der Waals surface area contributed by atoms with Crippen LogP contribution in [-0.4, -0.2) is 18.6 Å². The van der Waals surface area contributed by atoms with Gasteiger partial charge in [-0.2, -0.15) is 5.10 Å². The van der Waals surface area contributed by atoms with Gasteiger partial charge in [0.1, 0.15) is 0 Å². The van der Waals surface area contributed by atoms with E-state index >= 15 is 0 Å². The second-order valence-electron chi connectivity index (χ2n) is 3.69. The van der Waals surface area contributed by atoms with Crippen molar-refractivity contribution in [2.24, 2.45) is 0 Å². The number of benzene rings is 1. The number of aromatic nitrogens is 2. The lowest BCUT2D eigenvalue weighted by atomic mass is 10.2. The number of sulfonamides is 1. The Morgan fingerprint density at radius 2 is 2.00 bits per heavy atom. The molecular weight excluding hydrogens is 238 g/mol. The van der Waals surface area contributed by atoms with Crippen LogP contribution in [0.2, 0.25) is 0 Å². The molecule has 90 valence electrons. The highest BCUT2D eigenvalue weighted by Gasteiger charge is 2.18. The summed E-state index contributed by atoms with van der Waals surface area (Å²) < 4.78 is 26.6. The van der Waals surface area contributed by atoms with Gasteiger partial charge in [-0.1, -0.05) is 18.2 Å². The lowest BCUT2D eigenvalue weighted by Gasteiger charge is -2.12. The first kappa shape index (κ1) is 11.8. The van der Waals surface area contributed by atoms with E-state index in [9.17, 15) is 8.42 Å². The molecule has 0 fully saturated rings. The molecule has 0 aliphatic heterocycles. The maximum Gasteiger partial charge on any atom is 0.241 e. The summed E-state index contributed by atoms with van der Waals surface area (Å²) in [6.45, 7) is 1.77. The first-order valence-corrected chi connectivity index (χ1v) is 6.64. The Bertz CT molecular complexity index is 564. The summed E-state index contributed by atoms with van der Waals surface area (Å²) in [5.41, 5.74) is 0.796. The second-order valence-corrected chi connectivity index (χ2v) is 5.40. The van der Waals surface area contributed by atoms with Gasteiger partial charge in [-0.25, -0.2) is 13.1 Å². The average Bonchev–Trinajstić information content (AvgIpc) is 2.83. The summed E-state index contributed by atoms with van der Waals surface area (Å²) in [5, 5.41) is 6.44. The summed E-state index contributed by atoms with van der Waals surface area (Å²) in [6, 6.07) is 7.96. The zero-order chi connectivity index (χ0) is 12.3. The van der Waals surface area contributed by atoms with Crippen molar-refractivity contribution in [2.45, 2.75) is 17.9 Å². The Hall–Kier alpha value is -1.66. The fourth-order valence-corrected chi connectivity index (χ4v) is 2.72. The highest BCUT2D eigenvalue weighted by atomic mass is 32.2. The van der Waals surface area contributed by atoms with Crippen LogP contribution in [0.5, 0.6) is 0 Å². The monoisotopic (exact) mass is 251 g/mol. The van der Waals surface area contributed by atoms with Gasteiger partial charge in [0.15, 0.2) is 0 Å². The minimum Gasteiger partial charge on any atom is -0.285 e. The summed E-state index contributed by atoms with van der Waals surface area (Å²) in [5.74, 6) is 0. The Morgan fingerprint density at radius 3 is 2.59 bits per heavy atom. The van der Waals surface area contributed by atoms with Gasteiger partial charge in [0.05, 0.1) is 11.1 Å². The lowest BCUT2D eigenvalue weighted by Crippen LogP contribution is -2.26. The summed E-state index contributed by atoms with van der Waals surface area (Å²) in [7, 11) is -3.48. The zero-order valence-corrected chi connectivity index (χ0v) is 10.1. The van der Waals surface area contributed by atoms with Crippen molar-refractivity contribution in [3.05, 3.63) is 48.3 Å². The number of rotatable bonds is 4. The maximum absolute atomic E-state index is 12.0. The summed E-state index contributed by atoms with van der Waals surface area (Å²) in [6.07, 6.45) is 3.26. The highest BCUT2D eigenvalue weighted by Crippen LogP contribution is 2.15. The molecule has 0 saturated carbocycles. The molecule has 1 aromatic heterocycles. The van der Waals surface area contributed by atoms with Gasteiger partial charge >= 0.3 is 0 Å². The van der Waals surface area contributed by atoms with Crippen LogP contribution in [0.15, 0.2) is 47.6 Å². The lowest BCUT2D eigenvalue weighted by molar-refractivity contribution is 0.567. The highest BCUT2D eigenvalue weighted by molar-refractivity contribution is 7.89. The Morgan fingerprint density at radius 1 is 1.29 bits per heavy atom. The zero-order valence-electron chi connectivity index (χ0n) is 9.29. The molecule has 17 heavy (non-hydrogen) atoms.